The van der Waals surface area contributed by atoms with E-state index in [9.17, 15) is 9.90 Å². The van der Waals surface area contributed by atoms with Crippen molar-refractivity contribution < 1.29 is 14.6 Å². The van der Waals surface area contributed by atoms with Crippen LogP contribution in [-0.4, -0.2) is 66.2 Å². The van der Waals surface area contributed by atoms with Crippen LogP contribution in [0, 0.1) is 17.2 Å². The van der Waals surface area contributed by atoms with Crippen LogP contribution in [0.3, 0.4) is 0 Å². The zero-order valence-electron chi connectivity index (χ0n) is 14.4. The van der Waals surface area contributed by atoms with E-state index in [0.717, 1.165) is 44.6 Å². The first-order valence-electron chi connectivity index (χ1n) is 8.93. The number of carbonyl (C=O) groups is 1. The molecule has 0 radical (unpaired) electrons. The second-order valence-electron chi connectivity index (χ2n) is 6.84. The predicted octanol–water partition coefficient (Wildman–Crippen LogP) is 1.05. The molecule has 1 N–H and O–H groups in total. The Hall–Kier alpha value is -2.10. The average Bonchev–Trinajstić information content (AvgIpc) is 3.47. The van der Waals surface area contributed by atoms with Gasteiger partial charge in [-0.1, -0.05) is 12.1 Å². The molecular formula is C19H25N3O3. The Morgan fingerprint density at radius 3 is 2.52 bits per heavy atom. The van der Waals surface area contributed by atoms with Gasteiger partial charge in [-0.3, -0.25) is 9.69 Å². The summed E-state index contributed by atoms with van der Waals surface area (Å²) in [4.78, 5) is 16.2. The summed E-state index contributed by atoms with van der Waals surface area (Å²) >= 11 is 0. The predicted molar refractivity (Wildman–Crippen MR) is 93.0 cm³/mol. The van der Waals surface area contributed by atoms with Gasteiger partial charge in [0.25, 0.3) is 0 Å². The summed E-state index contributed by atoms with van der Waals surface area (Å²) in [6, 6.07) is 9.47. The lowest BCUT2D eigenvalue weighted by Crippen LogP contribution is -2.51. The molecule has 0 bridgehead atoms. The van der Waals surface area contributed by atoms with Gasteiger partial charge in [-0.15, -0.1) is 0 Å². The molecule has 1 saturated heterocycles. The first-order valence-corrected chi connectivity index (χ1v) is 8.93. The molecule has 1 aromatic rings. The molecule has 1 aromatic carbocycles. The molecule has 3 rings (SSSR count). The molecule has 6 heteroatoms. The molecule has 0 unspecified atom stereocenters. The van der Waals surface area contributed by atoms with Crippen molar-refractivity contribution >= 4 is 5.91 Å². The summed E-state index contributed by atoms with van der Waals surface area (Å²) in [5, 5.41) is 18.8. The Morgan fingerprint density at radius 2 is 1.92 bits per heavy atom. The highest BCUT2D eigenvalue weighted by atomic mass is 16.5. The van der Waals surface area contributed by atoms with Crippen molar-refractivity contribution in [2.75, 3.05) is 39.3 Å². The smallest absolute Gasteiger partial charge is 0.225 e. The number of hydrogen-bond acceptors (Lipinski definition) is 5. The number of nitrogens with zero attached hydrogens (tertiary/aromatic N) is 3. The summed E-state index contributed by atoms with van der Waals surface area (Å²) in [6.45, 7) is 3.90. The minimum atomic E-state index is -0.565. The van der Waals surface area contributed by atoms with E-state index in [-0.39, 0.29) is 12.5 Å². The third-order valence-corrected chi connectivity index (χ3v) is 4.73. The van der Waals surface area contributed by atoms with E-state index in [1.165, 1.54) is 0 Å². The molecule has 1 aliphatic heterocycles. The standard InChI is InChI=1S/C19H25N3O3/c20-8-7-15-1-5-18(6-2-15)25-14-17(23)13-21-9-11-22(12-10-21)19(24)16-3-4-16/h1-2,5-6,16-17,23H,3-4,7,9-14H2/t17-/m1/s1. The van der Waals surface area contributed by atoms with Gasteiger partial charge in [0.2, 0.25) is 5.91 Å². The minimum absolute atomic E-state index is 0.235. The van der Waals surface area contributed by atoms with Gasteiger partial charge in [-0.25, -0.2) is 0 Å². The van der Waals surface area contributed by atoms with E-state index in [1.807, 2.05) is 29.2 Å². The van der Waals surface area contributed by atoms with E-state index in [4.69, 9.17) is 10.00 Å². The van der Waals surface area contributed by atoms with Crippen LogP contribution in [0.1, 0.15) is 18.4 Å². The summed E-state index contributed by atoms with van der Waals surface area (Å²) in [6.07, 6.45) is 1.92. The van der Waals surface area contributed by atoms with Gasteiger partial charge in [-0.05, 0) is 30.5 Å². The zero-order chi connectivity index (χ0) is 17.6. The number of amides is 1. The first kappa shape index (κ1) is 17.7. The number of benzene rings is 1. The van der Waals surface area contributed by atoms with E-state index < -0.39 is 6.10 Å². The monoisotopic (exact) mass is 343 g/mol. The lowest BCUT2D eigenvalue weighted by molar-refractivity contribution is -0.134. The number of nitriles is 1. The van der Waals surface area contributed by atoms with Crippen LogP contribution in [-0.2, 0) is 11.2 Å². The van der Waals surface area contributed by atoms with Gasteiger partial charge >= 0.3 is 0 Å². The Morgan fingerprint density at radius 1 is 1.24 bits per heavy atom. The third kappa shape index (κ3) is 5.18. The van der Waals surface area contributed by atoms with Crippen LogP contribution >= 0.6 is 0 Å². The SMILES string of the molecule is N#CCc1ccc(OC[C@H](O)CN2CCN(C(=O)C3CC3)CC2)cc1. The van der Waals surface area contributed by atoms with Gasteiger partial charge in [-0.2, -0.15) is 5.26 Å². The van der Waals surface area contributed by atoms with Gasteiger partial charge < -0.3 is 14.7 Å². The van der Waals surface area contributed by atoms with Crippen molar-refractivity contribution in [2.24, 2.45) is 5.92 Å². The largest absolute Gasteiger partial charge is 0.491 e. The normalized spacial score (nSPS) is 19.3. The van der Waals surface area contributed by atoms with Crippen molar-refractivity contribution in [1.82, 2.24) is 9.80 Å². The van der Waals surface area contributed by atoms with Crippen LogP contribution in [0.2, 0.25) is 0 Å². The molecule has 1 aliphatic carbocycles. The average molecular weight is 343 g/mol. The highest BCUT2D eigenvalue weighted by Crippen LogP contribution is 2.31. The highest BCUT2D eigenvalue weighted by molar-refractivity contribution is 5.81. The number of β-amino-alcohol motifs (C(OH)–C–C–N with tert-alkyl or cyclic N) is 1. The fourth-order valence-electron chi connectivity index (χ4n) is 3.08. The van der Waals surface area contributed by atoms with E-state index >= 15 is 0 Å². The van der Waals surface area contributed by atoms with Crippen LogP contribution in [0.25, 0.3) is 0 Å². The Balaban J connectivity index is 1.36. The summed E-state index contributed by atoms with van der Waals surface area (Å²) in [5.74, 6) is 1.29. The molecule has 1 amide bonds. The van der Waals surface area contributed by atoms with Crippen LogP contribution in [0.5, 0.6) is 5.75 Å². The van der Waals surface area contributed by atoms with E-state index in [2.05, 4.69) is 11.0 Å². The zero-order valence-corrected chi connectivity index (χ0v) is 14.4. The molecule has 1 atom stereocenters. The number of aliphatic hydroxyl groups excluding tert-OH is 1. The van der Waals surface area contributed by atoms with Gasteiger partial charge in [0, 0.05) is 38.6 Å². The Labute approximate surface area is 148 Å². The molecule has 1 saturated carbocycles. The topological polar surface area (TPSA) is 76.8 Å². The summed E-state index contributed by atoms with van der Waals surface area (Å²) in [5.41, 5.74) is 0.953. The molecule has 2 aliphatic rings. The maximum atomic E-state index is 12.0. The van der Waals surface area contributed by atoms with Crippen molar-refractivity contribution in [3.05, 3.63) is 29.8 Å². The molecule has 6 nitrogen and oxygen atoms in total. The molecule has 0 spiro atoms. The molecule has 1 heterocycles. The lowest BCUT2D eigenvalue weighted by atomic mass is 10.2. The number of rotatable bonds is 7. The Bertz CT molecular complexity index is 614. The van der Waals surface area contributed by atoms with Gasteiger partial charge in [0.15, 0.2) is 0 Å². The van der Waals surface area contributed by atoms with Gasteiger partial charge in [0.05, 0.1) is 12.5 Å². The van der Waals surface area contributed by atoms with Crippen molar-refractivity contribution in [3.63, 3.8) is 0 Å². The summed E-state index contributed by atoms with van der Waals surface area (Å²) < 4.78 is 5.62. The molecule has 25 heavy (non-hydrogen) atoms. The van der Waals surface area contributed by atoms with E-state index in [0.29, 0.717) is 24.6 Å². The number of hydrogen-bond donors (Lipinski definition) is 1. The number of aliphatic hydroxyl groups is 1. The molecule has 2 fully saturated rings. The third-order valence-electron chi connectivity index (χ3n) is 4.73. The van der Waals surface area contributed by atoms with Crippen LogP contribution in [0.15, 0.2) is 24.3 Å². The quantitative estimate of drug-likeness (QED) is 0.801. The Kier molecular flexibility index (Phi) is 5.90. The van der Waals surface area contributed by atoms with Crippen LogP contribution in [0.4, 0.5) is 0 Å². The second kappa shape index (κ2) is 8.32. The molecule has 0 aromatic heterocycles. The summed E-state index contributed by atoms with van der Waals surface area (Å²) in [7, 11) is 0. The van der Waals surface area contributed by atoms with Gasteiger partial charge in [0.1, 0.15) is 18.5 Å². The fourth-order valence-corrected chi connectivity index (χ4v) is 3.08. The number of ether oxygens (including phenoxy) is 1. The fraction of sp³-hybridized carbons (Fsp3) is 0.579. The second-order valence-corrected chi connectivity index (χ2v) is 6.84. The van der Waals surface area contributed by atoms with Crippen molar-refractivity contribution in [3.8, 4) is 11.8 Å². The van der Waals surface area contributed by atoms with Crippen molar-refractivity contribution in [2.45, 2.75) is 25.4 Å². The maximum Gasteiger partial charge on any atom is 0.225 e. The highest BCUT2D eigenvalue weighted by Gasteiger charge is 2.34. The minimum Gasteiger partial charge on any atom is -0.491 e. The van der Waals surface area contributed by atoms with Crippen LogP contribution < -0.4 is 4.74 Å². The first-order chi connectivity index (χ1) is 12.2. The lowest BCUT2D eigenvalue weighted by Gasteiger charge is -2.35. The maximum absolute atomic E-state index is 12.0. The number of piperazine rings is 1. The van der Waals surface area contributed by atoms with E-state index in [1.54, 1.807) is 0 Å². The molecular weight excluding hydrogens is 318 g/mol. The van der Waals surface area contributed by atoms with Crippen molar-refractivity contribution in [1.29, 1.82) is 5.26 Å². The molecule has 134 valence electrons. The number of carbonyl (C=O) groups excluding carboxylic acids is 1.